The number of aromatic hydroxyl groups is 1. The zero-order valence-corrected chi connectivity index (χ0v) is 17.2. The Morgan fingerprint density at radius 2 is 1.59 bits per heavy atom. The monoisotopic (exact) mass is 389 g/mol. The number of nitrogens with zero attached hydrogens (tertiary/aromatic N) is 3. The largest absolute Gasteiger partial charge is 0.504 e. The zero-order chi connectivity index (χ0) is 20.4. The van der Waals surface area contributed by atoms with Gasteiger partial charge in [-0.05, 0) is 55.4 Å². The summed E-state index contributed by atoms with van der Waals surface area (Å²) in [6, 6.07) is 16.3. The molecule has 150 valence electrons. The number of pyridine rings is 1. The molecule has 5 heteroatoms. The molecule has 5 nitrogen and oxygen atoms in total. The van der Waals surface area contributed by atoms with Gasteiger partial charge in [-0.1, -0.05) is 18.2 Å². The number of anilines is 1. The maximum absolute atomic E-state index is 10.1. The van der Waals surface area contributed by atoms with Crippen LogP contribution in [0.1, 0.15) is 5.69 Å². The molecule has 1 saturated heterocycles. The van der Waals surface area contributed by atoms with E-state index in [-0.39, 0.29) is 5.75 Å². The van der Waals surface area contributed by atoms with E-state index >= 15 is 0 Å². The molecule has 29 heavy (non-hydrogen) atoms. The number of aryl methyl sites for hydroxylation is 1. The Labute approximate surface area is 172 Å². The Bertz CT molecular complexity index is 994. The molecule has 1 aliphatic heterocycles. The second-order valence-corrected chi connectivity index (χ2v) is 7.58. The number of benzene rings is 2. The molecule has 3 aromatic rings. The van der Waals surface area contributed by atoms with E-state index in [0.717, 1.165) is 54.1 Å². The second-order valence-electron chi connectivity index (χ2n) is 7.58. The van der Waals surface area contributed by atoms with Crippen molar-refractivity contribution in [3.63, 3.8) is 0 Å². The topological polar surface area (TPSA) is 48.8 Å². The van der Waals surface area contributed by atoms with E-state index in [1.54, 1.807) is 19.2 Å². The summed E-state index contributed by atoms with van der Waals surface area (Å²) in [6.07, 6.45) is 1.85. The first-order valence-corrected chi connectivity index (χ1v) is 9.93. The van der Waals surface area contributed by atoms with Gasteiger partial charge in [-0.2, -0.15) is 0 Å². The third-order valence-corrected chi connectivity index (χ3v) is 5.65. The number of phenols is 1. The van der Waals surface area contributed by atoms with Crippen molar-refractivity contribution in [1.29, 1.82) is 0 Å². The molecular formula is C24H27N3O2. The van der Waals surface area contributed by atoms with Crippen LogP contribution in [0.15, 0.2) is 54.7 Å². The minimum Gasteiger partial charge on any atom is -0.504 e. The number of piperazine rings is 1. The molecule has 1 aromatic heterocycles. The highest BCUT2D eigenvalue weighted by molar-refractivity contribution is 5.75. The van der Waals surface area contributed by atoms with Gasteiger partial charge in [-0.3, -0.25) is 4.98 Å². The number of likely N-dealkylation sites (N-methyl/N-ethyl adjacent to an activating group) is 1. The Kier molecular flexibility index (Phi) is 5.41. The molecule has 0 atom stereocenters. The number of hydrogen-bond donors (Lipinski definition) is 1. The van der Waals surface area contributed by atoms with Crippen LogP contribution in [0.4, 0.5) is 5.69 Å². The number of ether oxygens (including phenoxy) is 1. The summed E-state index contributed by atoms with van der Waals surface area (Å²) >= 11 is 0. The summed E-state index contributed by atoms with van der Waals surface area (Å²) in [6.45, 7) is 6.35. The van der Waals surface area contributed by atoms with E-state index in [1.807, 2.05) is 19.2 Å². The van der Waals surface area contributed by atoms with Crippen molar-refractivity contribution < 1.29 is 9.84 Å². The van der Waals surface area contributed by atoms with Crippen molar-refractivity contribution in [2.45, 2.75) is 6.92 Å². The molecular weight excluding hydrogens is 362 g/mol. The first-order chi connectivity index (χ1) is 14.0. The maximum Gasteiger partial charge on any atom is 0.160 e. The van der Waals surface area contributed by atoms with Gasteiger partial charge in [-0.25, -0.2) is 0 Å². The lowest BCUT2D eigenvalue weighted by Crippen LogP contribution is -2.44. The number of hydrogen-bond acceptors (Lipinski definition) is 5. The molecule has 0 unspecified atom stereocenters. The van der Waals surface area contributed by atoms with Crippen molar-refractivity contribution >= 4 is 5.69 Å². The van der Waals surface area contributed by atoms with Gasteiger partial charge in [0, 0.05) is 54.9 Å². The van der Waals surface area contributed by atoms with E-state index < -0.39 is 0 Å². The quantitative estimate of drug-likeness (QED) is 0.725. The molecule has 2 aromatic carbocycles. The van der Waals surface area contributed by atoms with Crippen LogP contribution in [0.5, 0.6) is 11.5 Å². The molecule has 0 spiro atoms. The summed E-state index contributed by atoms with van der Waals surface area (Å²) in [5.41, 5.74) is 6.37. The van der Waals surface area contributed by atoms with Crippen LogP contribution in [0, 0.1) is 6.92 Å². The lowest BCUT2D eigenvalue weighted by molar-refractivity contribution is 0.313. The van der Waals surface area contributed by atoms with Crippen LogP contribution in [-0.2, 0) is 0 Å². The standard InChI is InChI=1S/C24H27N3O2/c1-17-22(14-20(16-25-17)19-6-9-24(29-3)23(28)15-19)18-4-7-21(8-5-18)27-12-10-26(2)11-13-27/h4-9,14-16,28H,10-13H2,1-3H3. The molecule has 0 aliphatic carbocycles. The Hall–Kier alpha value is -3.05. The number of methoxy groups -OCH3 is 1. The minimum absolute atomic E-state index is 0.128. The summed E-state index contributed by atoms with van der Waals surface area (Å²) < 4.78 is 5.14. The van der Waals surface area contributed by atoms with Crippen molar-refractivity contribution in [3.8, 4) is 33.8 Å². The molecule has 0 amide bonds. The number of rotatable bonds is 4. The summed E-state index contributed by atoms with van der Waals surface area (Å²) in [5.74, 6) is 0.595. The average Bonchev–Trinajstić information content (AvgIpc) is 2.75. The van der Waals surface area contributed by atoms with Crippen molar-refractivity contribution in [2.24, 2.45) is 0 Å². The fourth-order valence-electron chi connectivity index (χ4n) is 3.77. The van der Waals surface area contributed by atoms with Crippen LogP contribution in [0.2, 0.25) is 0 Å². The van der Waals surface area contributed by atoms with E-state index in [4.69, 9.17) is 4.74 Å². The lowest BCUT2D eigenvalue weighted by Gasteiger charge is -2.34. The van der Waals surface area contributed by atoms with Gasteiger partial charge < -0.3 is 19.6 Å². The molecule has 0 saturated carbocycles. The predicted octanol–water partition coefficient (Wildman–Crippen LogP) is 4.19. The predicted molar refractivity (Wildman–Crippen MR) is 118 cm³/mol. The van der Waals surface area contributed by atoms with Gasteiger partial charge in [0.2, 0.25) is 0 Å². The van der Waals surface area contributed by atoms with Crippen LogP contribution >= 0.6 is 0 Å². The van der Waals surface area contributed by atoms with E-state index in [0.29, 0.717) is 5.75 Å². The van der Waals surface area contributed by atoms with E-state index in [9.17, 15) is 5.11 Å². The Balaban J connectivity index is 1.61. The molecule has 0 radical (unpaired) electrons. The van der Waals surface area contributed by atoms with Gasteiger partial charge in [0.25, 0.3) is 0 Å². The van der Waals surface area contributed by atoms with Crippen LogP contribution in [-0.4, -0.2) is 55.3 Å². The first kappa shape index (κ1) is 19.3. The minimum atomic E-state index is 0.128. The molecule has 0 bridgehead atoms. The maximum atomic E-state index is 10.1. The Morgan fingerprint density at radius 1 is 0.897 bits per heavy atom. The molecule has 4 rings (SSSR count). The van der Waals surface area contributed by atoms with Crippen LogP contribution in [0.25, 0.3) is 22.3 Å². The lowest BCUT2D eigenvalue weighted by atomic mass is 9.99. The van der Waals surface area contributed by atoms with E-state index in [2.05, 4.69) is 52.2 Å². The van der Waals surface area contributed by atoms with Crippen molar-refractivity contribution in [1.82, 2.24) is 9.88 Å². The molecule has 1 fully saturated rings. The van der Waals surface area contributed by atoms with Crippen molar-refractivity contribution in [3.05, 3.63) is 60.4 Å². The van der Waals surface area contributed by atoms with Gasteiger partial charge in [0.1, 0.15) is 0 Å². The molecule has 1 aliphatic rings. The SMILES string of the molecule is COc1ccc(-c2cnc(C)c(-c3ccc(N4CCN(C)CC4)cc3)c2)cc1O. The normalized spacial score (nSPS) is 14.8. The van der Waals surface area contributed by atoms with Crippen LogP contribution < -0.4 is 9.64 Å². The Morgan fingerprint density at radius 3 is 2.24 bits per heavy atom. The van der Waals surface area contributed by atoms with E-state index in [1.165, 1.54) is 5.69 Å². The highest BCUT2D eigenvalue weighted by atomic mass is 16.5. The van der Waals surface area contributed by atoms with Gasteiger partial charge in [0.15, 0.2) is 11.5 Å². The van der Waals surface area contributed by atoms with Crippen LogP contribution in [0.3, 0.4) is 0 Å². The average molecular weight is 389 g/mol. The van der Waals surface area contributed by atoms with Crippen molar-refractivity contribution in [2.75, 3.05) is 45.2 Å². The fraction of sp³-hybridized carbons (Fsp3) is 0.292. The summed E-state index contributed by atoms with van der Waals surface area (Å²) in [7, 11) is 3.72. The number of aromatic nitrogens is 1. The highest BCUT2D eigenvalue weighted by Crippen LogP contribution is 2.34. The third kappa shape index (κ3) is 4.05. The molecule has 2 heterocycles. The zero-order valence-electron chi connectivity index (χ0n) is 17.2. The highest BCUT2D eigenvalue weighted by Gasteiger charge is 2.15. The number of phenolic OH excluding ortho intramolecular Hbond substituents is 1. The molecule has 1 N–H and O–H groups in total. The van der Waals surface area contributed by atoms with Gasteiger partial charge >= 0.3 is 0 Å². The first-order valence-electron chi connectivity index (χ1n) is 9.93. The summed E-state index contributed by atoms with van der Waals surface area (Å²) in [5, 5.41) is 10.1. The fourth-order valence-corrected chi connectivity index (χ4v) is 3.77. The van der Waals surface area contributed by atoms with Gasteiger partial charge in [0.05, 0.1) is 7.11 Å². The smallest absolute Gasteiger partial charge is 0.160 e. The second kappa shape index (κ2) is 8.13. The summed E-state index contributed by atoms with van der Waals surface area (Å²) in [4.78, 5) is 9.40. The van der Waals surface area contributed by atoms with Gasteiger partial charge in [-0.15, -0.1) is 0 Å². The third-order valence-electron chi connectivity index (χ3n) is 5.65.